The second-order valence-corrected chi connectivity index (χ2v) is 6.24. The van der Waals surface area contributed by atoms with E-state index < -0.39 is 0 Å². The van der Waals surface area contributed by atoms with E-state index >= 15 is 0 Å². The summed E-state index contributed by atoms with van der Waals surface area (Å²) in [4.78, 5) is 32.5. The number of aromatic nitrogens is 3. The third-order valence-electron chi connectivity index (χ3n) is 3.55. The average Bonchev–Trinajstić information content (AvgIpc) is 2.63. The van der Waals surface area contributed by atoms with E-state index in [4.69, 9.17) is 0 Å². The largest absolute Gasteiger partial charge is 0.350 e. The maximum atomic E-state index is 12.2. The van der Waals surface area contributed by atoms with E-state index in [-0.39, 0.29) is 11.5 Å². The molecule has 0 aliphatic rings. The van der Waals surface area contributed by atoms with E-state index in [1.165, 1.54) is 23.2 Å². The van der Waals surface area contributed by atoms with Gasteiger partial charge < -0.3 is 5.32 Å². The predicted molar refractivity (Wildman–Crippen MR) is 98.2 cm³/mol. The molecule has 0 atom stereocenters. The summed E-state index contributed by atoms with van der Waals surface area (Å²) in [6.45, 7) is 0.658. The minimum absolute atomic E-state index is 0.160. The number of amides is 1. The topological polar surface area (TPSA) is 76.9 Å². The van der Waals surface area contributed by atoms with Crippen LogP contribution in [0.5, 0.6) is 0 Å². The Bertz CT molecular complexity index is 941. The van der Waals surface area contributed by atoms with Gasteiger partial charge in [-0.2, -0.15) is 0 Å². The first-order valence-corrected chi connectivity index (χ1v) is 8.43. The van der Waals surface area contributed by atoms with Gasteiger partial charge in [0.05, 0.1) is 17.6 Å². The van der Waals surface area contributed by atoms with Crippen molar-refractivity contribution in [2.24, 2.45) is 0 Å². The van der Waals surface area contributed by atoms with E-state index in [1.54, 1.807) is 12.3 Å². The first kappa shape index (κ1) is 17.0. The van der Waals surface area contributed by atoms with Crippen LogP contribution in [0, 0.1) is 0 Å². The highest BCUT2D eigenvalue weighted by atomic mass is 79.9. The molecule has 7 heteroatoms. The second kappa shape index (κ2) is 7.85. The van der Waals surface area contributed by atoms with Crippen molar-refractivity contribution in [2.75, 3.05) is 6.54 Å². The summed E-state index contributed by atoms with van der Waals surface area (Å²) < 4.78 is 2.20. The van der Waals surface area contributed by atoms with Gasteiger partial charge in [0.2, 0.25) is 0 Å². The average molecular weight is 399 g/mol. The molecule has 126 valence electrons. The Morgan fingerprint density at radius 2 is 1.96 bits per heavy atom. The molecule has 0 unspecified atom stereocenters. The summed E-state index contributed by atoms with van der Waals surface area (Å²) in [6, 6.07) is 12.7. The molecule has 3 rings (SSSR count). The van der Waals surface area contributed by atoms with Crippen molar-refractivity contribution in [3.8, 4) is 11.3 Å². The van der Waals surface area contributed by atoms with Gasteiger partial charge in [-0.15, -0.1) is 0 Å². The Morgan fingerprint density at radius 1 is 1.16 bits per heavy atom. The fourth-order valence-electron chi connectivity index (χ4n) is 2.29. The van der Waals surface area contributed by atoms with E-state index in [1.807, 2.05) is 30.3 Å². The number of rotatable bonds is 5. The molecule has 0 aliphatic carbocycles. The highest BCUT2D eigenvalue weighted by Crippen LogP contribution is 2.13. The lowest BCUT2D eigenvalue weighted by molar-refractivity contribution is 0.0951. The summed E-state index contributed by atoms with van der Waals surface area (Å²) >= 11 is 3.27. The molecule has 0 aliphatic heterocycles. The number of halogens is 1. The Morgan fingerprint density at radius 3 is 2.68 bits per heavy atom. The summed E-state index contributed by atoms with van der Waals surface area (Å²) in [5, 5.41) is 2.76. The molecule has 0 saturated carbocycles. The Kier molecular flexibility index (Phi) is 5.35. The zero-order chi connectivity index (χ0) is 17.6. The summed E-state index contributed by atoms with van der Waals surface area (Å²) in [5.41, 5.74) is 1.82. The highest BCUT2D eigenvalue weighted by molar-refractivity contribution is 9.10. The van der Waals surface area contributed by atoms with Crippen LogP contribution in [0.3, 0.4) is 0 Å². The molecule has 2 heterocycles. The normalized spacial score (nSPS) is 10.4. The first-order chi connectivity index (χ1) is 12.1. The summed E-state index contributed by atoms with van der Waals surface area (Å²) in [7, 11) is 0. The number of nitrogens with one attached hydrogen (secondary N) is 1. The van der Waals surface area contributed by atoms with Gasteiger partial charge in [-0.3, -0.25) is 19.1 Å². The zero-order valence-electron chi connectivity index (χ0n) is 13.2. The van der Waals surface area contributed by atoms with Crippen molar-refractivity contribution in [3.63, 3.8) is 0 Å². The lowest BCUT2D eigenvalue weighted by atomic mass is 10.1. The van der Waals surface area contributed by atoms with Crippen LogP contribution in [0.25, 0.3) is 11.3 Å². The molecule has 1 aromatic carbocycles. The van der Waals surface area contributed by atoms with Crippen molar-refractivity contribution in [2.45, 2.75) is 6.54 Å². The van der Waals surface area contributed by atoms with Gasteiger partial charge in [-0.05, 0) is 22.0 Å². The molecule has 0 spiro atoms. The molecule has 0 radical (unpaired) electrons. The van der Waals surface area contributed by atoms with Crippen LogP contribution in [0.15, 0.2) is 70.5 Å². The van der Waals surface area contributed by atoms with E-state index in [0.29, 0.717) is 24.3 Å². The van der Waals surface area contributed by atoms with Gasteiger partial charge >= 0.3 is 0 Å². The van der Waals surface area contributed by atoms with Crippen molar-refractivity contribution in [1.29, 1.82) is 0 Å². The molecule has 25 heavy (non-hydrogen) atoms. The maximum absolute atomic E-state index is 12.2. The van der Waals surface area contributed by atoms with Gasteiger partial charge in [-0.1, -0.05) is 30.3 Å². The van der Waals surface area contributed by atoms with Crippen molar-refractivity contribution >= 4 is 21.8 Å². The predicted octanol–water partition coefficient (Wildman–Crippen LogP) is 2.50. The standard InChI is InChI=1S/C18H15BrN4O2/c19-15-8-14(10-20-11-15)18(25)21-6-7-23-12-22-16(9-17(23)24)13-4-2-1-3-5-13/h1-5,8-12H,6-7H2,(H,21,25). The first-order valence-electron chi connectivity index (χ1n) is 7.64. The minimum Gasteiger partial charge on any atom is -0.350 e. The number of pyridine rings is 1. The van der Waals surface area contributed by atoms with Crippen LogP contribution >= 0.6 is 15.9 Å². The quantitative estimate of drug-likeness (QED) is 0.715. The number of nitrogens with zero attached hydrogens (tertiary/aromatic N) is 3. The molecule has 1 amide bonds. The van der Waals surface area contributed by atoms with Gasteiger partial charge in [0, 0.05) is 41.6 Å². The Labute approximate surface area is 152 Å². The number of carbonyl (C=O) groups excluding carboxylic acids is 1. The van der Waals surface area contributed by atoms with Crippen LogP contribution in [0.1, 0.15) is 10.4 Å². The minimum atomic E-state index is -0.240. The van der Waals surface area contributed by atoms with Gasteiger partial charge in [0.25, 0.3) is 11.5 Å². The van der Waals surface area contributed by atoms with Crippen molar-refractivity contribution in [1.82, 2.24) is 19.9 Å². The van der Waals surface area contributed by atoms with Gasteiger partial charge in [-0.25, -0.2) is 4.98 Å². The molecule has 0 fully saturated rings. The molecule has 0 saturated heterocycles. The second-order valence-electron chi connectivity index (χ2n) is 5.32. The van der Waals surface area contributed by atoms with Crippen LogP contribution in [-0.2, 0) is 6.54 Å². The molecule has 3 aromatic rings. The third-order valence-corrected chi connectivity index (χ3v) is 3.99. The number of benzene rings is 1. The smallest absolute Gasteiger partial charge is 0.253 e. The fraction of sp³-hybridized carbons (Fsp3) is 0.111. The van der Waals surface area contributed by atoms with Gasteiger partial charge in [0.1, 0.15) is 0 Å². The van der Waals surface area contributed by atoms with Gasteiger partial charge in [0.15, 0.2) is 0 Å². The lowest BCUT2D eigenvalue weighted by Gasteiger charge is -2.08. The number of hydrogen-bond donors (Lipinski definition) is 1. The van der Waals surface area contributed by atoms with Crippen LogP contribution in [0.4, 0.5) is 0 Å². The van der Waals surface area contributed by atoms with Crippen molar-refractivity contribution in [3.05, 3.63) is 81.6 Å². The SMILES string of the molecule is O=C(NCCn1cnc(-c2ccccc2)cc1=O)c1cncc(Br)c1. The van der Waals surface area contributed by atoms with Crippen molar-refractivity contribution < 1.29 is 4.79 Å². The monoisotopic (exact) mass is 398 g/mol. The van der Waals surface area contributed by atoms with E-state index in [0.717, 1.165) is 10.0 Å². The molecule has 1 N–H and O–H groups in total. The zero-order valence-corrected chi connectivity index (χ0v) is 14.8. The maximum Gasteiger partial charge on any atom is 0.253 e. The van der Waals surface area contributed by atoms with E-state index in [2.05, 4.69) is 31.2 Å². The number of hydrogen-bond acceptors (Lipinski definition) is 4. The molecule has 2 aromatic heterocycles. The Balaban J connectivity index is 1.62. The molecular weight excluding hydrogens is 384 g/mol. The summed E-state index contributed by atoms with van der Waals surface area (Å²) in [5.74, 6) is -0.240. The number of carbonyl (C=O) groups is 1. The van der Waals surface area contributed by atoms with E-state index in [9.17, 15) is 9.59 Å². The van der Waals surface area contributed by atoms with Crippen LogP contribution in [0.2, 0.25) is 0 Å². The Hall–Kier alpha value is -2.80. The third kappa shape index (κ3) is 4.39. The molecule has 0 bridgehead atoms. The fourth-order valence-corrected chi connectivity index (χ4v) is 2.65. The highest BCUT2D eigenvalue weighted by Gasteiger charge is 2.07. The molecule has 6 nitrogen and oxygen atoms in total. The van der Waals surface area contributed by atoms with Crippen LogP contribution in [-0.4, -0.2) is 27.0 Å². The van der Waals surface area contributed by atoms with Crippen LogP contribution < -0.4 is 10.9 Å². The molecular formula is C18H15BrN4O2. The summed E-state index contributed by atoms with van der Waals surface area (Å²) in [6.07, 6.45) is 4.59. The lowest BCUT2D eigenvalue weighted by Crippen LogP contribution is -2.30.